The Labute approximate surface area is 134 Å². The normalized spacial score (nSPS) is 26.0. The van der Waals surface area contributed by atoms with Crippen molar-refractivity contribution < 1.29 is 9.90 Å². The predicted octanol–water partition coefficient (Wildman–Crippen LogP) is 0.401. The number of hydrogen-bond donors (Lipinski definition) is 1. The van der Waals surface area contributed by atoms with E-state index in [1.807, 2.05) is 11.0 Å². The van der Waals surface area contributed by atoms with E-state index in [0.29, 0.717) is 18.7 Å². The molecule has 0 bridgehead atoms. The van der Waals surface area contributed by atoms with Crippen molar-refractivity contribution in [1.82, 2.24) is 24.4 Å². The fourth-order valence-electron chi connectivity index (χ4n) is 3.74. The summed E-state index contributed by atoms with van der Waals surface area (Å²) in [6.07, 6.45) is 6.26. The van der Waals surface area contributed by atoms with Gasteiger partial charge in [-0.1, -0.05) is 0 Å². The van der Waals surface area contributed by atoms with Gasteiger partial charge < -0.3 is 10.0 Å². The first-order valence-electron chi connectivity index (χ1n) is 8.23. The number of pyridine rings is 1. The quantitative estimate of drug-likeness (QED) is 0.868. The highest BCUT2D eigenvalue weighted by atomic mass is 16.3. The van der Waals surface area contributed by atoms with Crippen molar-refractivity contribution in [2.45, 2.75) is 31.4 Å². The molecule has 4 rings (SSSR count). The third-order valence-electron chi connectivity index (χ3n) is 5.05. The van der Waals surface area contributed by atoms with Gasteiger partial charge in [-0.15, -0.1) is 10.2 Å². The molecule has 1 saturated heterocycles. The van der Waals surface area contributed by atoms with E-state index < -0.39 is 0 Å². The van der Waals surface area contributed by atoms with E-state index >= 15 is 0 Å². The topological polar surface area (TPSA) is 74.0 Å². The molecule has 122 valence electrons. The van der Waals surface area contributed by atoms with Gasteiger partial charge in [0.15, 0.2) is 5.65 Å². The lowest BCUT2D eigenvalue weighted by molar-refractivity contribution is 0.0315. The van der Waals surface area contributed by atoms with Crippen molar-refractivity contribution in [3.05, 3.63) is 30.2 Å². The first kappa shape index (κ1) is 14.6. The Kier molecular flexibility index (Phi) is 3.74. The number of aliphatic hydroxyl groups is 1. The van der Waals surface area contributed by atoms with Crippen molar-refractivity contribution in [3.63, 3.8) is 0 Å². The Morgan fingerprint density at radius 1 is 1.17 bits per heavy atom. The summed E-state index contributed by atoms with van der Waals surface area (Å²) in [6, 6.07) is 3.89. The maximum Gasteiger partial charge on any atom is 0.255 e. The summed E-state index contributed by atoms with van der Waals surface area (Å²) in [5.41, 5.74) is 1.40. The van der Waals surface area contributed by atoms with E-state index in [0.717, 1.165) is 38.0 Å². The smallest absolute Gasteiger partial charge is 0.255 e. The van der Waals surface area contributed by atoms with E-state index in [1.165, 1.54) is 0 Å². The van der Waals surface area contributed by atoms with Gasteiger partial charge in [0.1, 0.15) is 6.33 Å². The van der Waals surface area contributed by atoms with Crippen molar-refractivity contribution in [1.29, 1.82) is 0 Å². The van der Waals surface area contributed by atoms with Crippen LogP contribution in [0.4, 0.5) is 0 Å². The van der Waals surface area contributed by atoms with Crippen LogP contribution in [0.25, 0.3) is 5.65 Å². The molecule has 2 aromatic rings. The van der Waals surface area contributed by atoms with Crippen LogP contribution >= 0.6 is 0 Å². The van der Waals surface area contributed by atoms with Gasteiger partial charge in [-0.2, -0.15) is 0 Å². The molecular weight excluding hydrogens is 294 g/mol. The maximum atomic E-state index is 12.7. The molecule has 2 atom stereocenters. The Bertz CT molecular complexity index is 707. The second kappa shape index (κ2) is 5.90. The summed E-state index contributed by atoms with van der Waals surface area (Å²) in [4.78, 5) is 16.9. The van der Waals surface area contributed by atoms with Crippen LogP contribution in [0.15, 0.2) is 24.7 Å². The minimum absolute atomic E-state index is 0.0484. The number of fused-ring (bicyclic) bond motifs is 1. The first-order valence-corrected chi connectivity index (χ1v) is 8.23. The molecule has 1 saturated carbocycles. The van der Waals surface area contributed by atoms with Gasteiger partial charge >= 0.3 is 0 Å². The number of nitrogens with zero attached hydrogens (tertiary/aromatic N) is 5. The van der Waals surface area contributed by atoms with E-state index in [9.17, 15) is 9.90 Å². The second-order valence-electron chi connectivity index (χ2n) is 6.41. The van der Waals surface area contributed by atoms with E-state index in [4.69, 9.17) is 0 Å². The van der Waals surface area contributed by atoms with Gasteiger partial charge in [0.25, 0.3) is 5.91 Å². The lowest BCUT2D eigenvalue weighted by atomic mass is 10.1. The molecule has 1 N–H and O–H groups in total. The van der Waals surface area contributed by atoms with E-state index in [1.54, 1.807) is 23.0 Å². The molecule has 0 spiro atoms. The molecule has 7 heteroatoms. The van der Waals surface area contributed by atoms with Gasteiger partial charge in [0.2, 0.25) is 0 Å². The number of piperazine rings is 1. The average Bonchev–Trinajstić information content (AvgIpc) is 3.22. The molecule has 1 aliphatic carbocycles. The van der Waals surface area contributed by atoms with E-state index in [2.05, 4.69) is 15.1 Å². The SMILES string of the molecule is O=C(c1ccc2nncn2c1)N1CCN([C@H]2CCC[C@H]2O)CC1. The molecule has 0 unspecified atom stereocenters. The van der Waals surface area contributed by atoms with Gasteiger partial charge in [0, 0.05) is 38.4 Å². The molecule has 0 radical (unpaired) electrons. The Morgan fingerprint density at radius 2 is 2.00 bits per heavy atom. The fraction of sp³-hybridized carbons (Fsp3) is 0.562. The Hall–Kier alpha value is -1.99. The zero-order valence-electron chi connectivity index (χ0n) is 13.0. The van der Waals surface area contributed by atoms with Crippen molar-refractivity contribution in [2.24, 2.45) is 0 Å². The molecule has 7 nitrogen and oxygen atoms in total. The number of hydrogen-bond acceptors (Lipinski definition) is 5. The van der Waals surface area contributed by atoms with Crippen LogP contribution < -0.4 is 0 Å². The highest BCUT2D eigenvalue weighted by molar-refractivity contribution is 5.94. The third-order valence-corrected chi connectivity index (χ3v) is 5.05. The van der Waals surface area contributed by atoms with Crippen molar-refractivity contribution in [2.75, 3.05) is 26.2 Å². The summed E-state index contributed by atoms with van der Waals surface area (Å²) in [5, 5.41) is 17.8. The fourth-order valence-corrected chi connectivity index (χ4v) is 3.74. The summed E-state index contributed by atoms with van der Waals surface area (Å²) in [6.45, 7) is 3.09. The second-order valence-corrected chi connectivity index (χ2v) is 6.41. The van der Waals surface area contributed by atoms with Crippen LogP contribution in [0.3, 0.4) is 0 Å². The molecule has 1 amide bonds. The molecule has 2 aliphatic rings. The number of amides is 1. The number of carbonyl (C=O) groups is 1. The van der Waals surface area contributed by atoms with Crippen LogP contribution in [-0.2, 0) is 0 Å². The van der Waals surface area contributed by atoms with Crippen LogP contribution in [0.2, 0.25) is 0 Å². The first-order chi connectivity index (χ1) is 11.2. The molecule has 2 fully saturated rings. The molecule has 23 heavy (non-hydrogen) atoms. The Balaban J connectivity index is 1.42. The zero-order valence-corrected chi connectivity index (χ0v) is 13.0. The number of carbonyl (C=O) groups excluding carboxylic acids is 1. The number of rotatable bonds is 2. The number of aliphatic hydroxyl groups excluding tert-OH is 1. The van der Waals surface area contributed by atoms with Crippen LogP contribution in [-0.4, -0.2) is 73.7 Å². The summed E-state index contributed by atoms with van der Waals surface area (Å²) >= 11 is 0. The zero-order chi connectivity index (χ0) is 15.8. The highest BCUT2D eigenvalue weighted by Crippen LogP contribution is 2.25. The Morgan fingerprint density at radius 3 is 2.74 bits per heavy atom. The lowest BCUT2D eigenvalue weighted by Gasteiger charge is -2.39. The van der Waals surface area contributed by atoms with Gasteiger partial charge in [-0.05, 0) is 31.4 Å². The number of aromatic nitrogens is 3. The predicted molar refractivity (Wildman–Crippen MR) is 84.1 cm³/mol. The largest absolute Gasteiger partial charge is 0.391 e. The van der Waals surface area contributed by atoms with Gasteiger partial charge in [-0.3, -0.25) is 14.1 Å². The van der Waals surface area contributed by atoms with Crippen LogP contribution in [0, 0.1) is 0 Å². The molecular formula is C16H21N5O2. The average molecular weight is 315 g/mol. The summed E-state index contributed by atoms with van der Waals surface area (Å²) < 4.78 is 1.76. The maximum absolute atomic E-state index is 12.7. The standard InChI is InChI=1S/C16H21N5O2/c22-14-3-1-2-13(14)19-6-8-20(9-7-19)16(23)12-4-5-15-18-17-11-21(15)10-12/h4-5,10-11,13-14,22H,1-3,6-9H2/t13-,14+/m0/s1. The summed E-state index contributed by atoms with van der Waals surface area (Å²) in [7, 11) is 0. The molecule has 2 aromatic heterocycles. The third kappa shape index (κ3) is 2.70. The monoisotopic (exact) mass is 315 g/mol. The molecule has 1 aliphatic heterocycles. The van der Waals surface area contributed by atoms with Gasteiger partial charge in [0.05, 0.1) is 11.7 Å². The van der Waals surface area contributed by atoms with Crippen LogP contribution in [0.1, 0.15) is 29.6 Å². The van der Waals surface area contributed by atoms with Crippen molar-refractivity contribution >= 4 is 11.6 Å². The molecule has 3 heterocycles. The van der Waals surface area contributed by atoms with Crippen LogP contribution in [0.5, 0.6) is 0 Å². The lowest BCUT2D eigenvalue weighted by Crippen LogP contribution is -2.53. The highest BCUT2D eigenvalue weighted by Gasteiger charge is 2.33. The van der Waals surface area contributed by atoms with Gasteiger partial charge in [-0.25, -0.2) is 0 Å². The summed E-state index contributed by atoms with van der Waals surface area (Å²) in [5.74, 6) is 0.0484. The minimum atomic E-state index is -0.201. The molecule has 0 aromatic carbocycles. The van der Waals surface area contributed by atoms with Crippen molar-refractivity contribution in [3.8, 4) is 0 Å². The minimum Gasteiger partial charge on any atom is -0.391 e. The van der Waals surface area contributed by atoms with E-state index in [-0.39, 0.29) is 18.1 Å².